The van der Waals surface area contributed by atoms with Crippen LogP contribution in [0.25, 0.3) is 0 Å². The van der Waals surface area contributed by atoms with E-state index in [9.17, 15) is 0 Å². The summed E-state index contributed by atoms with van der Waals surface area (Å²) in [6.45, 7) is 8.36. The number of allylic oxidation sites excluding steroid dienone is 2. The van der Waals surface area contributed by atoms with Gasteiger partial charge in [0.2, 0.25) is 0 Å². The molecule has 18 heavy (non-hydrogen) atoms. The van der Waals surface area contributed by atoms with E-state index in [2.05, 4.69) is 36.2 Å². The molecule has 0 unspecified atom stereocenters. The Balaban J connectivity index is 0.00000137. The fourth-order valence-electron chi connectivity index (χ4n) is 2.01. The van der Waals surface area contributed by atoms with Crippen molar-refractivity contribution in [3.05, 3.63) is 12.2 Å². The van der Waals surface area contributed by atoms with Gasteiger partial charge in [0.25, 0.3) is 0 Å². The van der Waals surface area contributed by atoms with E-state index in [0.29, 0.717) is 0 Å². The molecule has 0 amide bonds. The van der Waals surface area contributed by atoms with Gasteiger partial charge < -0.3 is 5.32 Å². The van der Waals surface area contributed by atoms with Crippen molar-refractivity contribution >= 4 is 0 Å². The van der Waals surface area contributed by atoms with Crippen molar-refractivity contribution in [3.8, 4) is 11.8 Å². The van der Waals surface area contributed by atoms with Crippen LogP contribution in [0.2, 0.25) is 0 Å². The molecule has 1 heteroatoms. The molecule has 0 spiro atoms. The fourth-order valence-corrected chi connectivity index (χ4v) is 2.01. The van der Waals surface area contributed by atoms with Crippen LogP contribution in [-0.4, -0.2) is 13.1 Å². The molecule has 0 bridgehead atoms. The van der Waals surface area contributed by atoms with Crippen LogP contribution in [0.15, 0.2) is 12.2 Å². The molecule has 0 atom stereocenters. The van der Waals surface area contributed by atoms with Crippen LogP contribution in [0.4, 0.5) is 0 Å². The van der Waals surface area contributed by atoms with Gasteiger partial charge >= 0.3 is 0 Å². The molecule has 0 radical (unpaired) electrons. The smallest absolute Gasteiger partial charge is 0.0214 e. The average molecular weight is 249 g/mol. The maximum atomic E-state index is 3.37. The highest BCUT2D eigenvalue weighted by Gasteiger charge is 2.07. The van der Waals surface area contributed by atoms with E-state index in [-0.39, 0.29) is 0 Å². The summed E-state index contributed by atoms with van der Waals surface area (Å²) < 4.78 is 0. The zero-order valence-electron chi connectivity index (χ0n) is 12.6. The van der Waals surface area contributed by atoms with Gasteiger partial charge in [0.15, 0.2) is 0 Å². The van der Waals surface area contributed by atoms with Crippen LogP contribution >= 0.6 is 0 Å². The lowest BCUT2D eigenvalue weighted by molar-refractivity contribution is 0.479. The first kappa shape index (κ1) is 17.3. The molecule has 0 heterocycles. The Morgan fingerprint density at radius 3 is 2.33 bits per heavy atom. The van der Waals surface area contributed by atoms with E-state index in [1.54, 1.807) is 0 Å². The summed E-state index contributed by atoms with van der Waals surface area (Å²) in [6, 6.07) is 0. The van der Waals surface area contributed by atoms with Gasteiger partial charge in [0.05, 0.1) is 0 Å². The third-order valence-corrected chi connectivity index (χ3v) is 3.02. The predicted octanol–water partition coefficient (Wildman–Crippen LogP) is 4.54. The van der Waals surface area contributed by atoms with Crippen LogP contribution < -0.4 is 5.32 Å². The molecule has 0 saturated carbocycles. The summed E-state index contributed by atoms with van der Waals surface area (Å²) in [5.41, 5.74) is 0. The van der Waals surface area contributed by atoms with Gasteiger partial charge in [-0.2, -0.15) is 0 Å². The molecular formula is C17H31N. The van der Waals surface area contributed by atoms with E-state index in [1.165, 1.54) is 32.1 Å². The lowest BCUT2D eigenvalue weighted by Gasteiger charge is -2.08. The van der Waals surface area contributed by atoms with Gasteiger partial charge in [-0.25, -0.2) is 0 Å². The van der Waals surface area contributed by atoms with Gasteiger partial charge in [0, 0.05) is 19.4 Å². The predicted molar refractivity (Wildman–Crippen MR) is 82.6 cm³/mol. The van der Waals surface area contributed by atoms with Crippen LogP contribution in [0, 0.1) is 17.8 Å². The van der Waals surface area contributed by atoms with Gasteiger partial charge in [0.1, 0.15) is 0 Å². The Bertz CT molecular complexity index is 234. The SMILES string of the molecule is CC.CCCNCCC#CCC1CCC=CCC1. The minimum atomic E-state index is 0.839. The minimum Gasteiger partial charge on any atom is -0.316 e. The van der Waals surface area contributed by atoms with Crippen molar-refractivity contribution in [1.82, 2.24) is 5.32 Å². The van der Waals surface area contributed by atoms with Crippen molar-refractivity contribution < 1.29 is 0 Å². The van der Waals surface area contributed by atoms with Crippen molar-refractivity contribution in [1.29, 1.82) is 0 Å². The first-order valence-electron chi connectivity index (χ1n) is 7.75. The molecule has 0 fully saturated rings. The third-order valence-electron chi connectivity index (χ3n) is 3.02. The van der Waals surface area contributed by atoms with Crippen LogP contribution in [0.1, 0.15) is 65.7 Å². The number of nitrogens with one attached hydrogen (secondary N) is 1. The Morgan fingerprint density at radius 2 is 1.72 bits per heavy atom. The molecule has 1 rings (SSSR count). The Hall–Kier alpha value is -0.740. The second-order valence-electron chi connectivity index (χ2n) is 4.55. The lowest BCUT2D eigenvalue weighted by atomic mass is 9.97. The Morgan fingerprint density at radius 1 is 1.06 bits per heavy atom. The summed E-state index contributed by atoms with van der Waals surface area (Å²) in [4.78, 5) is 0. The van der Waals surface area contributed by atoms with Crippen molar-refractivity contribution in [2.24, 2.45) is 5.92 Å². The highest BCUT2D eigenvalue weighted by Crippen LogP contribution is 2.20. The maximum Gasteiger partial charge on any atom is 0.0214 e. The average Bonchev–Trinajstić information content (AvgIpc) is 2.69. The summed E-state index contributed by atoms with van der Waals surface area (Å²) in [7, 11) is 0. The summed E-state index contributed by atoms with van der Waals surface area (Å²) in [5.74, 6) is 7.46. The summed E-state index contributed by atoms with van der Waals surface area (Å²) >= 11 is 0. The van der Waals surface area contributed by atoms with Crippen molar-refractivity contribution in [2.45, 2.75) is 65.7 Å². The first-order chi connectivity index (χ1) is 8.93. The maximum absolute atomic E-state index is 3.37. The first-order valence-corrected chi connectivity index (χ1v) is 7.75. The molecule has 0 aromatic carbocycles. The molecule has 0 aromatic rings. The van der Waals surface area contributed by atoms with E-state index in [1.807, 2.05) is 13.8 Å². The normalized spacial score (nSPS) is 15.1. The standard InChI is InChI=1S/C15H25N.C2H6/c1-2-13-16-14-9-5-8-12-15-10-6-3-4-7-11-15;1-2/h3-4,15-16H,2,6-7,9-14H2,1H3;1-2H3. The molecule has 0 saturated heterocycles. The molecule has 1 aliphatic carbocycles. The minimum absolute atomic E-state index is 0.839. The monoisotopic (exact) mass is 249 g/mol. The Labute approximate surface area is 114 Å². The summed E-state index contributed by atoms with van der Waals surface area (Å²) in [5, 5.41) is 3.37. The van der Waals surface area contributed by atoms with E-state index >= 15 is 0 Å². The van der Waals surface area contributed by atoms with E-state index in [4.69, 9.17) is 0 Å². The molecule has 1 nitrogen and oxygen atoms in total. The Kier molecular flexibility index (Phi) is 13.7. The van der Waals surface area contributed by atoms with E-state index in [0.717, 1.165) is 31.8 Å². The molecule has 1 N–H and O–H groups in total. The highest BCUT2D eigenvalue weighted by molar-refractivity contribution is 5.01. The van der Waals surface area contributed by atoms with E-state index < -0.39 is 0 Å². The summed E-state index contributed by atoms with van der Waals surface area (Å²) in [6.07, 6.45) is 13.1. The van der Waals surface area contributed by atoms with Gasteiger partial charge in [-0.05, 0) is 44.6 Å². The molecule has 1 aliphatic rings. The topological polar surface area (TPSA) is 12.0 Å². The molecular weight excluding hydrogens is 218 g/mol. The quantitative estimate of drug-likeness (QED) is 0.428. The van der Waals surface area contributed by atoms with Crippen molar-refractivity contribution in [2.75, 3.05) is 13.1 Å². The number of hydrogen-bond acceptors (Lipinski definition) is 1. The van der Waals surface area contributed by atoms with Crippen LogP contribution in [-0.2, 0) is 0 Å². The largest absolute Gasteiger partial charge is 0.316 e. The van der Waals surface area contributed by atoms with Gasteiger partial charge in [-0.15, -0.1) is 11.8 Å². The second-order valence-corrected chi connectivity index (χ2v) is 4.55. The van der Waals surface area contributed by atoms with Crippen LogP contribution in [0.3, 0.4) is 0 Å². The third kappa shape index (κ3) is 10.4. The zero-order chi connectivity index (χ0) is 13.5. The second kappa shape index (κ2) is 14.3. The van der Waals surface area contributed by atoms with Gasteiger partial charge in [-0.1, -0.05) is 32.9 Å². The lowest BCUT2D eigenvalue weighted by Crippen LogP contribution is -2.15. The fraction of sp³-hybridized carbons (Fsp3) is 0.765. The number of hydrogen-bond donors (Lipinski definition) is 1. The molecule has 104 valence electrons. The van der Waals surface area contributed by atoms with Gasteiger partial charge in [-0.3, -0.25) is 0 Å². The highest BCUT2D eigenvalue weighted by atomic mass is 14.8. The molecule has 0 aromatic heterocycles. The van der Waals surface area contributed by atoms with Crippen molar-refractivity contribution in [3.63, 3.8) is 0 Å². The zero-order valence-corrected chi connectivity index (χ0v) is 12.6. The number of rotatable bonds is 5. The van der Waals surface area contributed by atoms with Crippen LogP contribution in [0.5, 0.6) is 0 Å². The molecule has 0 aliphatic heterocycles.